The van der Waals surface area contributed by atoms with E-state index in [0.717, 1.165) is 0 Å². The zero-order valence-electron chi connectivity index (χ0n) is 5.83. The van der Waals surface area contributed by atoms with Crippen LogP contribution in [0.3, 0.4) is 0 Å². The van der Waals surface area contributed by atoms with E-state index in [4.69, 9.17) is 9.84 Å². The summed E-state index contributed by atoms with van der Waals surface area (Å²) in [5.41, 5.74) is 0. The van der Waals surface area contributed by atoms with Gasteiger partial charge < -0.3 is 9.84 Å². The Balaban J connectivity index is 2.57. The van der Waals surface area contributed by atoms with Gasteiger partial charge in [-0.1, -0.05) is 6.92 Å². The number of ether oxygens (including phenoxy) is 1. The maximum Gasteiger partial charge on any atom is 0.201 e. The summed E-state index contributed by atoms with van der Waals surface area (Å²) in [7, 11) is 0. The highest BCUT2D eigenvalue weighted by molar-refractivity contribution is 5.95. The summed E-state index contributed by atoms with van der Waals surface area (Å²) >= 11 is 0. The van der Waals surface area contributed by atoms with Gasteiger partial charge in [-0.25, -0.2) is 0 Å². The van der Waals surface area contributed by atoms with Crippen LogP contribution in [0.4, 0.5) is 0 Å². The maximum absolute atomic E-state index is 10.8. The molecule has 0 radical (unpaired) electrons. The quantitative estimate of drug-likeness (QED) is 0.600. The summed E-state index contributed by atoms with van der Waals surface area (Å²) in [6.07, 6.45) is 1.53. The Labute approximate surface area is 59.3 Å². The molecule has 10 heavy (non-hydrogen) atoms. The van der Waals surface area contributed by atoms with Crippen molar-refractivity contribution in [2.24, 2.45) is 0 Å². The fraction of sp³-hybridized carbons (Fsp3) is 0.571. The molecule has 0 aromatic heterocycles. The van der Waals surface area contributed by atoms with E-state index in [1.165, 1.54) is 6.08 Å². The number of carbonyl (C=O) groups is 1. The Bertz CT molecular complexity index is 172. The molecule has 1 aliphatic rings. The first kappa shape index (κ1) is 7.28. The zero-order valence-corrected chi connectivity index (χ0v) is 5.83. The van der Waals surface area contributed by atoms with Gasteiger partial charge in [0.05, 0.1) is 6.61 Å². The first-order chi connectivity index (χ1) is 4.77. The normalized spacial score (nSPS) is 24.4. The second kappa shape index (κ2) is 2.84. The molecular weight excluding hydrogens is 132 g/mol. The Kier molecular flexibility index (Phi) is 2.06. The van der Waals surface area contributed by atoms with Gasteiger partial charge in [-0.05, 0) is 0 Å². The van der Waals surface area contributed by atoms with Gasteiger partial charge in [0, 0.05) is 12.5 Å². The Morgan fingerprint density at radius 2 is 2.50 bits per heavy atom. The van der Waals surface area contributed by atoms with Crippen LogP contribution in [-0.4, -0.2) is 23.6 Å². The first-order valence-corrected chi connectivity index (χ1v) is 3.30. The predicted molar refractivity (Wildman–Crippen MR) is 35.3 cm³/mol. The van der Waals surface area contributed by atoms with Gasteiger partial charge >= 0.3 is 0 Å². The van der Waals surface area contributed by atoms with Gasteiger partial charge in [0.15, 0.2) is 6.10 Å². The van der Waals surface area contributed by atoms with E-state index in [1.807, 2.05) is 6.92 Å². The molecule has 1 heterocycles. The highest BCUT2D eigenvalue weighted by atomic mass is 16.5. The van der Waals surface area contributed by atoms with Crippen molar-refractivity contribution in [3.8, 4) is 0 Å². The highest BCUT2D eigenvalue weighted by Gasteiger charge is 2.24. The Morgan fingerprint density at radius 1 is 1.80 bits per heavy atom. The largest absolute Gasteiger partial charge is 0.484 e. The first-order valence-electron chi connectivity index (χ1n) is 3.30. The SMILES string of the molecule is CCC1=CC(=O)C(CO)O1. The lowest BCUT2D eigenvalue weighted by molar-refractivity contribution is -0.122. The molecule has 0 aliphatic carbocycles. The summed E-state index contributed by atoms with van der Waals surface area (Å²) in [5, 5.41) is 8.57. The smallest absolute Gasteiger partial charge is 0.201 e. The highest BCUT2D eigenvalue weighted by Crippen LogP contribution is 2.15. The number of hydrogen-bond acceptors (Lipinski definition) is 3. The second-order valence-corrected chi connectivity index (χ2v) is 2.16. The zero-order chi connectivity index (χ0) is 7.56. The van der Waals surface area contributed by atoms with Crippen molar-refractivity contribution in [2.75, 3.05) is 6.61 Å². The minimum Gasteiger partial charge on any atom is -0.484 e. The summed E-state index contributed by atoms with van der Waals surface area (Å²) in [4.78, 5) is 10.8. The van der Waals surface area contributed by atoms with Gasteiger partial charge in [0.2, 0.25) is 5.78 Å². The van der Waals surface area contributed by atoms with Gasteiger partial charge in [0.1, 0.15) is 5.76 Å². The van der Waals surface area contributed by atoms with Crippen molar-refractivity contribution < 1.29 is 14.6 Å². The molecule has 3 nitrogen and oxygen atoms in total. The number of aliphatic hydroxyl groups excluding tert-OH is 1. The predicted octanol–water partition coefficient (Wildman–Crippen LogP) is 0.240. The van der Waals surface area contributed by atoms with Gasteiger partial charge in [-0.2, -0.15) is 0 Å². The second-order valence-electron chi connectivity index (χ2n) is 2.16. The summed E-state index contributed by atoms with van der Waals surface area (Å²) < 4.78 is 5.03. The number of allylic oxidation sites excluding steroid dienone is 1. The van der Waals surface area contributed by atoms with Crippen molar-refractivity contribution in [3.63, 3.8) is 0 Å². The number of carbonyl (C=O) groups excluding carboxylic acids is 1. The van der Waals surface area contributed by atoms with Crippen molar-refractivity contribution in [3.05, 3.63) is 11.8 Å². The van der Waals surface area contributed by atoms with E-state index in [0.29, 0.717) is 12.2 Å². The fourth-order valence-corrected chi connectivity index (χ4v) is 0.839. The lowest BCUT2D eigenvalue weighted by atomic mass is 10.2. The molecule has 0 bridgehead atoms. The number of ketones is 1. The molecule has 1 unspecified atom stereocenters. The Hall–Kier alpha value is -0.830. The number of rotatable bonds is 2. The van der Waals surface area contributed by atoms with Crippen LogP contribution in [-0.2, 0) is 9.53 Å². The minimum absolute atomic E-state index is 0.126. The van der Waals surface area contributed by atoms with Crippen molar-refractivity contribution in [2.45, 2.75) is 19.4 Å². The third-order valence-electron chi connectivity index (χ3n) is 1.43. The molecule has 3 heteroatoms. The molecule has 0 spiro atoms. The summed E-state index contributed by atoms with van der Waals surface area (Å²) in [6.45, 7) is 1.68. The topological polar surface area (TPSA) is 46.5 Å². The summed E-state index contributed by atoms with van der Waals surface area (Å²) in [5.74, 6) is 0.545. The molecular formula is C7H10O3. The summed E-state index contributed by atoms with van der Waals surface area (Å²) in [6, 6.07) is 0. The van der Waals surface area contributed by atoms with Crippen molar-refractivity contribution in [1.29, 1.82) is 0 Å². The maximum atomic E-state index is 10.8. The molecule has 0 aromatic carbocycles. The molecule has 1 aliphatic heterocycles. The van der Waals surface area contributed by atoms with Crippen LogP contribution in [0.1, 0.15) is 13.3 Å². The molecule has 0 fully saturated rings. The van der Waals surface area contributed by atoms with E-state index in [9.17, 15) is 4.79 Å². The Morgan fingerprint density at radius 3 is 2.80 bits per heavy atom. The average molecular weight is 142 g/mol. The van der Waals surface area contributed by atoms with E-state index < -0.39 is 6.10 Å². The minimum atomic E-state index is -0.630. The monoisotopic (exact) mass is 142 g/mol. The van der Waals surface area contributed by atoms with E-state index in [1.54, 1.807) is 0 Å². The number of hydrogen-bond donors (Lipinski definition) is 1. The van der Waals surface area contributed by atoms with Crippen molar-refractivity contribution >= 4 is 5.78 Å². The lowest BCUT2D eigenvalue weighted by Crippen LogP contribution is -2.20. The molecule has 1 atom stereocenters. The van der Waals surface area contributed by atoms with Gasteiger partial charge in [0.25, 0.3) is 0 Å². The van der Waals surface area contributed by atoms with Crippen LogP contribution in [0.15, 0.2) is 11.8 Å². The standard InChI is InChI=1S/C7H10O3/c1-2-5-3-6(9)7(4-8)10-5/h3,7-8H,2,4H2,1H3. The van der Waals surface area contributed by atoms with Crippen LogP contribution in [0, 0.1) is 0 Å². The number of aliphatic hydroxyl groups is 1. The average Bonchev–Trinajstić information content (AvgIpc) is 2.30. The van der Waals surface area contributed by atoms with Gasteiger partial charge in [-0.15, -0.1) is 0 Å². The van der Waals surface area contributed by atoms with Crippen LogP contribution >= 0.6 is 0 Å². The van der Waals surface area contributed by atoms with Gasteiger partial charge in [-0.3, -0.25) is 4.79 Å². The molecule has 0 aromatic rings. The molecule has 0 saturated carbocycles. The third kappa shape index (κ3) is 1.19. The molecule has 56 valence electrons. The lowest BCUT2D eigenvalue weighted by Gasteiger charge is -2.06. The van der Waals surface area contributed by atoms with Crippen molar-refractivity contribution in [1.82, 2.24) is 0 Å². The van der Waals surface area contributed by atoms with E-state index in [-0.39, 0.29) is 12.4 Å². The molecule has 0 saturated heterocycles. The van der Waals surface area contributed by atoms with Crippen LogP contribution < -0.4 is 0 Å². The van der Waals surface area contributed by atoms with Crippen LogP contribution in [0.2, 0.25) is 0 Å². The molecule has 0 amide bonds. The van der Waals surface area contributed by atoms with Crippen LogP contribution in [0.5, 0.6) is 0 Å². The molecule has 1 rings (SSSR count). The van der Waals surface area contributed by atoms with E-state index in [2.05, 4.69) is 0 Å². The van der Waals surface area contributed by atoms with Crippen LogP contribution in [0.25, 0.3) is 0 Å². The van der Waals surface area contributed by atoms with E-state index >= 15 is 0 Å². The third-order valence-corrected chi connectivity index (χ3v) is 1.43. The molecule has 1 N–H and O–H groups in total. The fourth-order valence-electron chi connectivity index (χ4n) is 0.839.